The Morgan fingerprint density at radius 3 is 0.653 bits per heavy atom. The maximum absolute atomic E-state index is 13.1. The van der Waals surface area contributed by atoms with Crippen molar-refractivity contribution in [3.63, 3.8) is 0 Å². The number of ether oxygens (including phenoxy) is 3. The molecular formula is C103H172O16P2. The number of carbonyl (C=O) groups is 3. The van der Waals surface area contributed by atoms with Crippen molar-refractivity contribution in [2.75, 3.05) is 39.6 Å². The van der Waals surface area contributed by atoms with Crippen molar-refractivity contribution in [3.05, 3.63) is 194 Å². The molecule has 0 aromatic rings. The van der Waals surface area contributed by atoms with E-state index in [1.165, 1.54) is 128 Å². The molecule has 16 nitrogen and oxygen atoms in total. The van der Waals surface area contributed by atoms with Crippen molar-refractivity contribution in [1.82, 2.24) is 0 Å². The highest BCUT2D eigenvalue weighted by Crippen LogP contribution is 2.45. The van der Waals surface area contributed by atoms with Crippen LogP contribution in [0.5, 0.6) is 0 Å². The van der Waals surface area contributed by atoms with Crippen LogP contribution < -0.4 is 0 Å². The summed E-state index contributed by atoms with van der Waals surface area (Å²) in [6, 6.07) is 0. The molecule has 5 unspecified atom stereocenters. The van der Waals surface area contributed by atoms with Gasteiger partial charge in [-0.25, -0.2) is 9.13 Å². The van der Waals surface area contributed by atoms with Gasteiger partial charge in [0.1, 0.15) is 25.4 Å². The fraction of sp³-hybridized carbons (Fsp3) is 0.660. The first-order valence-electron chi connectivity index (χ1n) is 47.7. The van der Waals surface area contributed by atoms with Gasteiger partial charge < -0.3 is 34.2 Å². The van der Waals surface area contributed by atoms with Gasteiger partial charge in [-0.3, -0.25) is 32.5 Å². The van der Waals surface area contributed by atoms with E-state index in [1.54, 1.807) is 0 Å². The number of carbonyl (C=O) groups excluding carboxylic acids is 3. The number of aliphatic hydroxyl groups is 2. The Labute approximate surface area is 737 Å². The fourth-order valence-corrected chi connectivity index (χ4v) is 14.3. The van der Waals surface area contributed by atoms with Crippen LogP contribution in [0.1, 0.15) is 380 Å². The molecule has 4 N–H and O–H groups in total. The van der Waals surface area contributed by atoms with Crippen LogP contribution in [0, 0.1) is 0 Å². The minimum absolute atomic E-state index is 0.0804. The molecule has 0 spiro atoms. The third-order valence-corrected chi connectivity index (χ3v) is 21.7. The average Bonchev–Trinajstić information content (AvgIpc) is 0.889. The Bertz CT molecular complexity index is 2980. The molecule has 0 rings (SSSR count). The van der Waals surface area contributed by atoms with E-state index >= 15 is 0 Å². The summed E-state index contributed by atoms with van der Waals surface area (Å²) in [7, 11) is -9.83. The Morgan fingerprint density at radius 1 is 0.231 bits per heavy atom. The first kappa shape index (κ1) is 115. The van der Waals surface area contributed by atoms with Gasteiger partial charge >= 0.3 is 33.6 Å². The van der Waals surface area contributed by atoms with Gasteiger partial charge in [-0.15, -0.1) is 0 Å². The lowest BCUT2D eigenvalue weighted by molar-refractivity contribution is -0.161. The molecule has 0 aliphatic heterocycles. The largest absolute Gasteiger partial charge is 0.472 e. The molecule has 0 aliphatic rings. The molecule has 5 atom stereocenters. The van der Waals surface area contributed by atoms with E-state index in [-0.39, 0.29) is 19.3 Å². The molecule has 0 amide bonds. The molecular weight excluding hydrogens is 1560 g/mol. The Morgan fingerprint density at radius 2 is 0.413 bits per heavy atom. The van der Waals surface area contributed by atoms with E-state index in [4.69, 9.17) is 32.3 Å². The molecule has 0 aromatic carbocycles. The first-order chi connectivity index (χ1) is 59.2. The van der Waals surface area contributed by atoms with Gasteiger partial charge in [0, 0.05) is 19.3 Å². The molecule has 0 fully saturated rings. The average molecular weight is 1730 g/mol. The Kier molecular flexibility index (Phi) is 89.2. The monoisotopic (exact) mass is 1730 g/mol. The standard InChI is InChI=1S/C103H172O16P2/c1-4-7-10-13-16-19-22-25-28-31-34-37-40-43-45-46-47-48-49-50-52-55-56-59-62-65-68-71-74-77-80-83-86-89-101(106)113-92-98(104)93-115-120(109,110)116-94-99(105)95-117-121(111,112)118-97-100(119-103(108)91-88-85-82-79-76-73-70-67-64-61-58-53-42-39-36-33-30-27-24-21-18-15-12-9-6-3)96-114-102(107)90-87-84-81-78-75-72-69-66-63-60-57-54-51-44-41-38-35-32-29-26-23-20-17-14-11-8-5-2/h7-12,16-21,25-30,34-39,43-45,51,53,58,64,67,98-100,104-105H,4-6,13-15,22-24,31-33,40-42,46-50,52,54-57,59-63,65-66,68-97H2,1-3H3,(H,109,110)(H,111,112)/b10-7-,11-8-,12-9-,19-16-,20-17-,21-18-,28-25-,29-26-,30-27-,37-34-,38-35-,39-36-,45-43-,51-44-,58-53-,67-64-. The van der Waals surface area contributed by atoms with Gasteiger partial charge in [0.25, 0.3) is 0 Å². The van der Waals surface area contributed by atoms with Crippen LogP contribution in [0.3, 0.4) is 0 Å². The highest BCUT2D eigenvalue weighted by molar-refractivity contribution is 7.47. The summed E-state index contributed by atoms with van der Waals surface area (Å²) in [6.07, 6.45) is 125. The summed E-state index contributed by atoms with van der Waals surface area (Å²) in [5.41, 5.74) is 0. The Hall–Kier alpha value is -5.61. The van der Waals surface area contributed by atoms with Crippen LogP contribution in [0.2, 0.25) is 0 Å². The Balaban J connectivity index is 4.62. The van der Waals surface area contributed by atoms with Gasteiger partial charge in [-0.05, 0) is 161 Å². The second kappa shape index (κ2) is 93.5. The van der Waals surface area contributed by atoms with Crippen molar-refractivity contribution in [1.29, 1.82) is 0 Å². The fourth-order valence-electron chi connectivity index (χ4n) is 12.7. The number of hydrogen-bond donors (Lipinski definition) is 4. The number of aliphatic hydroxyl groups excluding tert-OH is 2. The van der Waals surface area contributed by atoms with E-state index in [0.29, 0.717) is 19.3 Å². The highest BCUT2D eigenvalue weighted by atomic mass is 31.2. The third kappa shape index (κ3) is 94.9. The molecule has 0 bridgehead atoms. The zero-order valence-corrected chi connectivity index (χ0v) is 77.9. The quantitative estimate of drug-likeness (QED) is 0.0146. The summed E-state index contributed by atoms with van der Waals surface area (Å²) >= 11 is 0. The van der Waals surface area contributed by atoms with Crippen LogP contribution in [0.4, 0.5) is 0 Å². The zero-order chi connectivity index (χ0) is 87.9. The molecule has 0 saturated heterocycles. The van der Waals surface area contributed by atoms with Crippen LogP contribution in [-0.2, 0) is 55.8 Å². The van der Waals surface area contributed by atoms with E-state index in [1.807, 2.05) is 0 Å². The lowest BCUT2D eigenvalue weighted by Gasteiger charge is -2.21. The normalized spacial score (nSPS) is 14.6. The van der Waals surface area contributed by atoms with E-state index in [9.17, 15) is 43.5 Å². The van der Waals surface area contributed by atoms with E-state index in [0.717, 1.165) is 193 Å². The van der Waals surface area contributed by atoms with E-state index < -0.39 is 91.5 Å². The SMILES string of the molecule is CC/C=C\C/C=C\C/C=C\C/C=C\C/C=C\C/C=C\CCCCCCCCC(=O)OC(COC(=O)CCCCCCCCCCCCC/C=C\C/C=C\C/C=C\C/C=C\C/C=C\CC)COP(=O)(O)OCC(O)COP(=O)(O)OCC(O)COC(=O)CCCCCCCCCCCCCCCCCCC/C=C\C/C=C\C/C=C\C/C=C\C/C=C\CC. The maximum Gasteiger partial charge on any atom is 0.472 e. The van der Waals surface area contributed by atoms with Crippen molar-refractivity contribution < 1.29 is 75.8 Å². The minimum Gasteiger partial charge on any atom is -0.463 e. The molecule has 0 saturated carbocycles. The lowest BCUT2D eigenvalue weighted by atomic mass is 10.0. The van der Waals surface area contributed by atoms with Crippen molar-refractivity contribution in [2.24, 2.45) is 0 Å². The summed E-state index contributed by atoms with van der Waals surface area (Å²) < 4.78 is 61.6. The zero-order valence-electron chi connectivity index (χ0n) is 76.1. The molecule has 0 aliphatic carbocycles. The molecule has 0 heterocycles. The summed E-state index contributed by atoms with van der Waals surface area (Å²) in [5, 5.41) is 20.8. The van der Waals surface area contributed by atoms with Crippen LogP contribution >= 0.6 is 15.6 Å². The van der Waals surface area contributed by atoms with Gasteiger partial charge in [0.15, 0.2) is 6.10 Å². The molecule has 0 aromatic heterocycles. The number of esters is 3. The smallest absolute Gasteiger partial charge is 0.463 e. The second-order valence-electron chi connectivity index (χ2n) is 31.4. The number of phosphoric acid groups is 2. The van der Waals surface area contributed by atoms with Crippen LogP contribution in [-0.4, -0.2) is 95.9 Å². The topological polar surface area (TPSA) is 231 Å². The van der Waals surface area contributed by atoms with E-state index in [2.05, 4.69) is 215 Å². The molecule has 690 valence electrons. The maximum atomic E-state index is 13.1. The van der Waals surface area contributed by atoms with Gasteiger partial charge in [0.05, 0.1) is 26.4 Å². The number of hydrogen-bond acceptors (Lipinski definition) is 14. The first-order valence-corrected chi connectivity index (χ1v) is 50.7. The minimum atomic E-state index is -4.95. The molecule has 0 radical (unpaired) electrons. The van der Waals surface area contributed by atoms with Crippen molar-refractivity contribution in [2.45, 2.75) is 399 Å². The summed E-state index contributed by atoms with van der Waals surface area (Å²) in [4.78, 5) is 59.1. The van der Waals surface area contributed by atoms with Crippen LogP contribution in [0.15, 0.2) is 194 Å². The number of unbranched alkanes of at least 4 members (excludes halogenated alkanes) is 34. The van der Waals surface area contributed by atoms with Crippen LogP contribution in [0.25, 0.3) is 0 Å². The third-order valence-electron chi connectivity index (χ3n) is 19.8. The lowest BCUT2D eigenvalue weighted by Crippen LogP contribution is -2.30. The van der Waals surface area contributed by atoms with Crippen molar-refractivity contribution >= 4 is 33.6 Å². The second-order valence-corrected chi connectivity index (χ2v) is 34.3. The predicted molar refractivity (Wildman–Crippen MR) is 509 cm³/mol. The number of phosphoric ester groups is 2. The predicted octanol–water partition coefficient (Wildman–Crippen LogP) is 29.8. The molecule has 18 heteroatoms. The highest BCUT2D eigenvalue weighted by Gasteiger charge is 2.30. The summed E-state index contributed by atoms with van der Waals surface area (Å²) in [5.74, 6) is -1.59. The van der Waals surface area contributed by atoms with Crippen molar-refractivity contribution in [3.8, 4) is 0 Å². The van der Waals surface area contributed by atoms with Gasteiger partial charge in [-0.1, -0.05) is 395 Å². The van der Waals surface area contributed by atoms with Gasteiger partial charge in [-0.2, -0.15) is 0 Å². The summed E-state index contributed by atoms with van der Waals surface area (Å²) in [6.45, 7) is 2.36. The number of rotatable bonds is 89. The van der Waals surface area contributed by atoms with Gasteiger partial charge in [0.2, 0.25) is 0 Å². The molecule has 121 heavy (non-hydrogen) atoms. The number of allylic oxidation sites excluding steroid dienone is 32.